The van der Waals surface area contributed by atoms with Crippen LogP contribution >= 0.6 is 0 Å². The number of nitrogens with one attached hydrogen (secondary N) is 1. The number of carbonyl (C=O) groups excluding carboxylic acids is 2. The molecular weight excluding hydrogens is 445 g/mol. The van der Waals surface area contributed by atoms with Crippen molar-refractivity contribution in [3.8, 4) is 5.75 Å². The number of carbonyl (C=O) groups is 2. The summed E-state index contributed by atoms with van der Waals surface area (Å²) >= 11 is 0. The molecular formula is C29H30FNO4. The van der Waals surface area contributed by atoms with Gasteiger partial charge >= 0.3 is 5.97 Å². The Labute approximate surface area is 205 Å². The van der Waals surface area contributed by atoms with Crippen molar-refractivity contribution in [3.05, 3.63) is 88.0 Å². The minimum atomic E-state index is -0.579. The highest BCUT2D eigenvalue weighted by molar-refractivity contribution is 6.04. The molecule has 5 rings (SSSR count). The molecule has 1 heterocycles. The van der Waals surface area contributed by atoms with Crippen LogP contribution in [0.15, 0.2) is 71.1 Å². The third kappa shape index (κ3) is 4.62. The fourth-order valence-electron chi connectivity index (χ4n) is 5.63. The van der Waals surface area contributed by atoms with Gasteiger partial charge in [0, 0.05) is 29.3 Å². The molecule has 0 amide bonds. The van der Waals surface area contributed by atoms with Gasteiger partial charge in [0.05, 0.1) is 12.7 Å². The van der Waals surface area contributed by atoms with Crippen molar-refractivity contribution < 1.29 is 23.5 Å². The van der Waals surface area contributed by atoms with Crippen molar-refractivity contribution in [1.29, 1.82) is 0 Å². The largest absolute Gasteiger partial charge is 0.497 e. The van der Waals surface area contributed by atoms with E-state index in [1.165, 1.54) is 12.1 Å². The van der Waals surface area contributed by atoms with Crippen LogP contribution in [0.3, 0.4) is 0 Å². The van der Waals surface area contributed by atoms with E-state index in [4.69, 9.17) is 9.47 Å². The molecule has 182 valence electrons. The summed E-state index contributed by atoms with van der Waals surface area (Å²) in [4.78, 5) is 27.0. The van der Waals surface area contributed by atoms with Gasteiger partial charge in [0.15, 0.2) is 5.78 Å². The van der Waals surface area contributed by atoms with Crippen LogP contribution in [0.5, 0.6) is 5.75 Å². The van der Waals surface area contributed by atoms with E-state index in [-0.39, 0.29) is 23.6 Å². The van der Waals surface area contributed by atoms with Crippen LogP contribution in [0.4, 0.5) is 4.39 Å². The molecule has 0 bridgehead atoms. The number of halogens is 1. The molecule has 2 aromatic rings. The lowest BCUT2D eigenvalue weighted by molar-refractivity contribution is -0.144. The highest BCUT2D eigenvalue weighted by atomic mass is 19.1. The van der Waals surface area contributed by atoms with Crippen LogP contribution in [0.1, 0.15) is 68.4 Å². The van der Waals surface area contributed by atoms with Crippen molar-refractivity contribution in [1.82, 2.24) is 5.32 Å². The predicted octanol–water partition coefficient (Wildman–Crippen LogP) is 5.68. The molecule has 2 aromatic carbocycles. The smallest absolute Gasteiger partial charge is 0.337 e. The SMILES string of the molecule is COc1ccc([C@H]2CC(=O)C3=C(C2)NC(C)=C(C(=O)OC2CCCC2)[C@@H]3c2ccc(F)cc2)cc1. The molecule has 2 aliphatic carbocycles. The Hall–Kier alpha value is -3.41. The lowest BCUT2D eigenvalue weighted by Crippen LogP contribution is -2.36. The van der Waals surface area contributed by atoms with Crippen LogP contribution in [0.2, 0.25) is 0 Å². The first kappa shape index (κ1) is 23.3. The summed E-state index contributed by atoms with van der Waals surface area (Å²) in [7, 11) is 1.63. The van der Waals surface area contributed by atoms with Crippen LogP contribution in [0.25, 0.3) is 0 Å². The molecule has 3 aliphatic rings. The van der Waals surface area contributed by atoms with Crippen molar-refractivity contribution in [2.45, 2.75) is 63.4 Å². The first-order chi connectivity index (χ1) is 16.9. The number of esters is 1. The Bertz CT molecular complexity index is 1190. The molecule has 1 saturated carbocycles. The quantitative estimate of drug-likeness (QED) is 0.564. The van der Waals surface area contributed by atoms with Gasteiger partial charge in [-0.1, -0.05) is 24.3 Å². The number of hydrogen-bond donors (Lipinski definition) is 1. The minimum absolute atomic E-state index is 0.00689. The predicted molar refractivity (Wildman–Crippen MR) is 130 cm³/mol. The Kier molecular flexibility index (Phi) is 6.46. The first-order valence-corrected chi connectivity index (χ1v) is 12.3. The number of rotatable bonds is 5. The van der Waals surface area contributed by atoms with Crippen LogP contribution in [0, 0.1) is 5.82 Å². The lowest BCUT2D eigenvalue weighted by atomic mass is 9.71. The molecule has 0 spiro atoms. The van der Waals surface area contributed by atoms with E-state index < -0.39 is 11.9 Å². The minimum Gasteiger partial charge on any atom is -0.497 e. The number of hydrogen-bond acceptors (Lipinski definition) is 5. The molecule has 0 radical (unpaired) electrons. The average Bonchev–Trinajstić information content (AvgIpc) is 3.36. The zero-order chi connectivity index (χ0) is 24.5. The fourth-order valence-corrected chi connectivity index (χ4v) is 5.63. The van der Waals surface area contributed by atoms with Crippen molar-refractivity contribution >= 4 is 11.8 Å². The molecule has 35 heavy (non-hydrogen) atoms. The molecule has 1 aliphatic heterocycles. The second-order valence-corrected chi connectivity index (χ2v) is 9.65. The highest BCUT2D eigenvalue weighted by Crippen LogP contribution is 2.46. The summed E-state index contributed by atoms with van der Waals surface area (Å²) in [6, 6.07) is 13.9. The summed E-state index contributed by atoms with van der Waals surface area (Å²) in [5, 5.41) is 3.38. The second kappa shape index (κ2) is 9.68. The molecule has 1 N–H and O–H groups in total. The van der Waals surface area contributed by atoms with Crippen LogP contribution < -0.4 is 10.1 Å². The molecule has 5 nitrogen and oxygen atoms in total. The summed E-state index contributed by atoms with van der Waals surface area (Å²) in [5.74, 6) is -0.548. The van der Waals surface area contributed by atoms with E-state index >= 15 is 0 Å². The Morgan fingerprint density at radius 1 is 0.971 bits per heavy atom. The van der Waals surface area contributed by atoms with Gasteiger partial charge < -0.3 is 14.8 Å². The molecule has 0 aromatic heterocycles. The monoisotopic (exact) mass is 475 g/mol. The normalized spacial score (nSPS) is 22.7. The summed E-state index contributed by atoms with van der Waals surface area (Å²) < 4.78 is 24.9. The average molecular weight is 476 g/mol. The highest BCUT2D eigenvalue weighted by Gasteiger charge is 2.42. The number of dihydropyridines is 1. The summed E-state index contributed by atoms with van der Waals surface area (Å²) in [5.41, 5.74) is 4.33. The standard InChI is InChI=1S/C29H30FNO4/c1-17-26(29(33)35-23-5-3-4-6-23)27(19-7-11-21(30)12-8-19)28-24(31-17)15-20(16-25(28)32)18-9-13-22(34-2)14-10-18/h7-14,20,23,27,31H,3-6,15-16H2,1-2H3/t20-,27+/m1/s1. The second-order valence-electron chi connectivity index (χ2n) is 9.65. The zero-order valence-electron chi connectivity index (χ0n) is 20.1. The summed E-state index contributed by atoms with van der Waals surface area (Å²) in [6.45, 7) is 1.85. The lowest BCUT2D eigenvalue weighted by Gasteiger charge is -2.37. The van der Waals surface area contributed by atoms with Crippen molar-refractivity contribution in [2.24, 2.45) is 0 Å². The Morgan fingerprint density at radius 3 is 2.29 bits per heavy atom. The maximum absolute atomic E-state index is 13.8. The van der Waals surface area contributed by atoms with Crippen LogP contribution in [-0.2, 0) is 14.3 Å². The Morgan fingerprint density at radius 2 is 1.63 bits per heavy atom. The van der Waals surface area contributed by atoms with Gasteiger partial charge in [-0.25, -0.2) is 9.18 Å². The Balaban J connectivity index is 1.51. The maximum atomic E-state index is 13.8. The van der Waals surface area contributed by atoms with E-state index in [1.807, 2.05) is 31.2 Å². The number of ketones is 1. The van der Waals surface area contributed by atoms with Crippen LogP contribution in [-0.4, -0.2) is 25.0 Å². The third-order valence-electron chi connectivity index (χ3n) is 7.41. The van der Waals surface area contributed by atoms with E-state index in [2.05, 4.69) is 5.32 Å². The van der Waals surface area contributed by atoms with Gasteiger partial charge in [-0.2, -0.15) is 0 Å². The van der Waals surface area contributed by atoms with Gasteiger partial charge in [-0.05, 0) is 80.3 Å². The van der Waals surface area contributed by atoms with E-state index in [0.717, 1.165) is 48.3 Å². The van der Waals surface area contributed by atoms with Gasteiger partial charge in [-0.3, -0.25) is 4.79 Å². The van der Waals surface area contributed by atoms with E-state index in [9.17, 15) is 14.0 Å². The van der Waals surface area contributed by atoms with Crippen molar-refractivity contribution in [3.63, 3.8) is 0 Å². The summed E-state index contributed by atoms with van der Waals surface area (Å²) in [6.07, 6.45) is 4.73. The molecule has 0 saturated heterocycles. The third-order valence-corrected chi connectivity index (χ3v) is 7.41. The molecule has 1 fully saturated rings. The molecule has 0 unspecified atom stereocenters. The maximum Gasteiger partial charge on any atom is 0.337 e. The van der Waals surface area contributed by atoms with Crippen molar-refractivity contribution in [2.75, 3.05) is 7.11 Å². The van der Waals surface area contributed by atoms with Gasteiger partial charge in [0.1, 0.15) is 17.7 Å². The zero-order valence-corrected chi connectivity index (χ0v) is 20.1. The van der Waals surface area contributed by atoms with E-state index in [1.54, 1.807) is 19.2 Å². The molecule has 6 heteroatoms. The number of ether oxygens (including phenoxy) is 2. The molecule has 2 atom stereocenters. The van der Waals surface area contributed by atoms with E-state index in [0.29, 0.717) is 29.7 Å². The first-order valence-electron chi connectivity index (χ1n) is 12.3. The van der Waals surface area contributed by atoms with Gasteiger partial charge in [-0.15, -0.1) is 0 Å². The number of benzene rings is 2. The van der Waals surface area contributed by atoms with Gasteiger partial charge in [0.25, 0.3) is 0 Å². The number of Topliss-reactive ketones (excluding diaryl/α,β-unsaturated/α-hetero) is 1. The number of methoxy groups -OCH3 is 1. The topological polar surface area (TPSA) is 64.6 Å². The fraction of sp³-hybridized carbons (Fsp3) is 0.379. The van der Waals surface area contributed by atoms with Gasteiger partial charge in [0.2, 0.25) is 0 Å². The number of allylic oxidation sites excluding steroid dienone is 3.